The largest absolute Gasteiger partial charge is 0.309 e. The molecule has 3 heterocycles. The second kappa shape index (κ2) is 8.22. The summed E-state index contributed by atoms with van der Waals surface area (Å²) in [6.07, 6.45) is 1.64. The Morgan fingerprint density at radius 3 is 2.69 bits per heavy atom. The number of nitrogens with one attached hydrogen (secondary N) is 1. The van der Waals surface area contributed by atoms with E-state index in [4.69, 9.17) is 16.6 Å². The first kappa shape index (κ1) is 20.4. The number of fused-ring (bicyclic) bond motifs is 2. The normalized spacial score (nSPS) is 11.3. The van der Waals surface area contributed by atoms with Crippen LogP contribution in [0.1, 0.15) is 11.4 Å². The molecule has 0 saturated carbocycles. The summed E-state index contributed by atoms with van der Waals surface area (Å²) in [5.41, 5.74) is 1.51. The maximum Gasteiger partial charge on any atom is 0.267 e. The lowest BCUT2D eigenvalue weighted by Gasteiger charge is -2.14. The van der Waals surface area contributed by atoms with Crippen molar-refractivity contribution < 1.29 is 0 Å². The van der Waals surface area contributed by atoms with E-state index in [-0.39, 0.29) is 11.1 Å². The number of hydrogen-bond donors (Lipinski definition) is 1. The predicted molar refractivity (Wildman–Crippen MR) is 127 cm³/mol. The van der Waals surface area contributed by atoms with Gasteiger partial charge in [0, 0.05) is 11.2 Å². The SMILES string of the molecule is Cc1cccnc1-n1c(SCc2nc3cc(Cl)ccc3c(=O)[nH]2)nc2ccccc2c1=O. The fraction of sp³-hybridized carbons (Fsp3) is 0.0870. The van der Waals surface area contributed by atoms with Gasteiger partial charge in [0.1, 0.15) is 11.6 Å². The van der Waals surface area contributed by atoms with E-state index in [2.05, 4.69) is 15.0 Å². The van der Waals surface area contributed by atoms with Gasteiger partial charge in [0.2, 0.25) is 0 Å². The highest BCUT2D eigenvalue weighted by Crippen LogP contribution is 2.24. The van der Waals surface area contributed by atoms with Crippen molar-refractivity contribution in [1.29, 1.82) is 0 Å². The minimum Gasteiger partial charge on any atom is -0.309 e. The number of halogens is 1. The van der Waals surface area contributed by atoms with Gasteiger partial charge in [0.25, 0.3) is 11.1 Å². The minimum atomic E-state index is -0.244. The standard InChI is InChI=1S/C23H16ClN5O2S/c1-13-5-4-10-25-20(13)29-22(31)16-6-2-3-7-17(16)27-23(29)32-12-19-26-18-11-14(24)8-9-15(18)21(30)28-19/h2-11H,12H2,1H3,(H,26,28,30). The van der Waals surface area contributed by atoms with E-state index >= 15 is 0 Å². The summed E-state index contributed by atoms with van der Waals surface area (Å²) in [7, 11) is 0. The van der Waals surface area contributed by atoms with E-state index in [0.29, 0.717) is 49.4 Å². The fourth-order valence-corrected chi connectivity index (χ4v) is 4.50. The van der Waals surface area contributed by atoms with Crippen molar-refractivity contribution in [2.24, 2.45) is 0 Å². The van der Waals surface area contributed by atoms with Gasteiger partial charge in [-0.1, -0.05) is 41.6 Å². The summed E-state index contributed by atoms with van der Waals surface area (Å²) in [6, 6.07) is 15.9. The highest BCUT2D eigenvalue weighted by Gasteiger charge is 2.16. The monoisotopic (exact) mass is 461 g/mol. The highest BCUT2D eigenvalue weighted by atomic mass is 35.5. The van der Waals surface area contributed by atoms with Crippen molar-refractivity contribution in [2.75, 3.05) is 0 Å². The van der Waals surface area contributed by atoms with Gasteiger partial charge < -0.3 is 4.98 Å². The second-order valence-corrected chi connectivity index (χ2v) is 8.54. The molecule has 0 amide bonds. The van der Waals surface area contributed by atoms with E-state index in [0.717, 1.165) is 5.56 Å². The van der Waals surface area contributed by atoms with Crippen LogP contribution >= 0.6 is 23.4 Å². The zero-order valence-corrected chi connectivity index (χ0v) is 18.4. The summed E-state index contributed by atoms with van der Waals surface area (Å²) in [4.78, 5) is 42.3. The van der Waals surface area contributed by atoms with Crippen LogP contribution in [0, 0.1) is 6.92 Å². The molecule has 0 fully saturated rings. The number of thioether (sulfide) groups is 1. The van der Waals surface area contributed by atoms with E-state index in [1.807, 2.05) is 31.2 Å². The summed E-state index contributed by atoms with van der Waals surface area (Å²) >= 11 is 7.36. The summed E-state index contributed by atoms with van der Waals surface area (Å²) in [6.45, 7) is 1.89. The van der Waals surface area contributed by atoms with E-state index < -0.39 is 0 Å². The number of aromatic amines is 1. The van der Waals surface area contributed by atoms with Crippen molar-refractivity contribution in [3.63, 3.8) is 0 Å². The van der Waals surface area contributed by atoms with Gasteiger partial charge in [-0.05, 0) is 48.9 Å². The first-order valence-electron chi connectivity index (χ1n) is 9.76. The van der Waals surface area contributed by atoms with Gasteiger partial charge in [-0.2, -0.15) is 0 Å². The number of H-pyrrole nitrogens is 1. The molecule has 0 aliphatic heterocycles. The highest BCUT2D eigenvalue weighted by molar-refractivity contribution is 7.98. The molecule has 0 saturated heterocycles. The summed E-state index contributed by atoms with van der Waals surface area (Å²) < 4.78 is 1.51. The molecule has 5 aromatic rings. The van der Waals surface area contributed by atoms with Crippen molar-refractivity contribution in [3.8, 4) is 5.82 Å². The van der Waals surface area contributed by atoms with Crippen LogP contribution in [0.15, 0.2) is 75.5 Å². The fourth-order valence-electron chi connectivity index (χ4n) is 3.47. The first-order chi connectivity index (χ1) is 15.5. The average molecular weight is 462 g/mol. The van der Waals surface area contributed by atoms with Crippen molar-refractivity contribution in [1.82, 2.24) is 24.5 Å². The molecule has 32 heavy (non-hydrogen) atoms. The molecule has 158 valence electrons. The zero-order chi connectivity index (χ0) is 22.2. The van der Waals surface area contributed by atoms with E-state index in [9.17, 15) is 9.59 Å². The van der Waals surface area contributed by atoms with Gasteiger partial charge in [-0.3, -0.25) is 9.59 Å². The lowest BCUT2D eigenvalue weighted by molar-refractivity contribution is 0.788. The Morgan fingerprint density at radius 1 is 1.00 bits per heavy atom. The number of rotatable bonds is 4. The van der Waals surface area contributed by atoms with Crippen LogP contribution in [0.2, 0.25) is 5.02 Å². The molecule has 0 aliphatic carbocycles. The number of nitrogens with zero attached hydrogens (tertiary/aromatic N) is 4. The lowest BCUT2D eigenvalue weighted by atomic mass is 10.2. The van der Waals surface area contributed by atoms with Crippen LogP contribution in [0.25, 0.3) is 27.6 Å². The van der Waals surface area contributed by atoms with Gasteiger partial charge in [0.15, 0.2) is 5.16 Å². The predicted octanol–water partition coefficient (Wildman–Crippen LogP) is 4.27. The third kappa shape index (κ3) is 3.68. The molecular formula is C23H16ClN5O2S. The number of aromatic nitrogens is 5. The Morgan fingerprint density at radius 2 is 1.84 bits per heavy atom. The number of pyridine rings is 1. The molecule has 2 aromatic carbocycles. The Kier molecular flexibility index (Phi) is 5.24. The molecule has 5 rings (SSSR count). The molecule has 9 heteroatoms. The molecule has 7 nitrogen and oxygen atoms in total. The van der Waals surface area contributed by atoms with Crippen LogP contribution < -0.4 is 11.1 Å². The Bertz CT molecular complexity index is 1610. The van der Waals surface area contributed by atoms with E-state index in [1.165, 1.54) is 16.3 Å². The Balaban J connectivity index is 1.62. The summed E-state index contributed by atoms with van der Waals surface area (Å²) in [5, 5.41) is 1.94. The molecule has 0 atom stereocenters. The third-order valence-electron chi connectivity index (χ3n) is 4.99. The third-order valence-corrected chi connectivity index (χ3v) is 6.18. The smallest absolute Gasteiger partial charge is 0.267 e. The topological polar surface area (TPSA) is 93.5 Å². The molecule has 0 spiro atoms. The minimum absolute atomic E-state index is 0.202. The average Bonchev–Trinajstić information content (AvgIpc) is 2.78. The lowest BCUT2D eigenvalue weighted by Crippen LogP contribution is -2.23. The van der Waals surface area contributed by atoms with Gasteiger partial charge in [-0.15, -0.1) is 0 Å². The molecular weight excluding hydrogens is 446 g/mol. The molecule has 1 N–H and O–H groups in total. The Labute approximate surface area is 191 Å². The van der Waals surface area contributed by atoms with Crippen LogP contribution in [0.3, 0.4) is 0 Å². The van der Waals surface area contributed by atoms with Crippen LogP contribution in [-0.4, -0.2) is 24.5 Å². The zero-order valence-electron chi connectivity index (χ0n) is 16.9. The molecule has 0 unspecified atom stereocenters. The van der Waals surface area contributed by atoms with Gasteiger partial charge in [-0.25, -0.2) is 19.5 Å². The maximum atomic E-state index is 13.4. The summed E-state index contributed by atoms with van der Waals surface area (Å²) in [5.74, 6) is 1.28. The van der Waals surface area contributed by atoms with Gasteiger partial charge in [0.05, 0.1) is 27.6 Å². The quantitative estimate of drug-likeness (QED) is 0.317. The number of aryl methyl sites for hydroxylation is 1. The molecule has 0 aliphatic rings. The van der Waals surface area contributed by atoms with Crippen molar-refractivity contribution >= 4 is 45.2 Å². The maximum absolute atomic E-state index is 13.4. The number of hydrogen-bond acceptors (Lipinski definition) is 6. The Hall–Kier alpha value is -3.49. The van der Waals surface area contributed by atoms with Crippen LogP contribution in [0.5, 0.6) is 0 Å². The van der Waals surface area contributed by atoms with E-state index in [1.54, 1.807) is 36.5 Å². The second-order valence-electron chi connectivity index (χ2n) is 7.16. The van der Waals surface area contributed by atoms with Crippen molar-refractivity contribution in [3.05, 3.63) is 97.9 Å². The molecule has 0 radical (unpaired) electrons. The molecule has 3 aromatic heterocycles. The molecule has 0 bridgehead atoms. The first-order valence-corrected chi connectivity index (χ1v) is 11.1. The number of benzene rings is 2. The van der Waals surface area contributed by atoms with Crippen LogP contribution in [0.4, 0.5) is 0 Å². The van der Waals surface area contributed by atoms with Crippen molar-refractivity contribution in [2.45, 2.75) is 17.8 Å². The van der Waals surface area contributed by atoms with Crippen LogP contribution in [-0.2, 0) is 5.75 Å². The number of para-hydroxylation sites is 1. The van der Waals surface area contributed by atoms with Gasteiger partial charge >= 0.3 is 0 Å².